The summed E-state index contributed by atoms with van der Waals surface area (Å²) >= 11 is 0. The summed E-state index contributed by atoms with van der Waals surface area (Å²) in [6, 6.07) is 20.9. The van der Waals surface area contributed by atoms with Crippen molar-refractivity contribution >= 4 is 28.9 Å². The zero-order valence-electron chi connectivity index (χ0n) is 15.7. The van der Waals surface area contributed by atoms with Gasteiger partial charge in [0.25, 0.3) is 11.6 Å². The Hall–Kier alpha value is -4.20. The molecule has 0 spiro atoms. The van der Waals surface area contributed by atoms with Crippen LogP contribution in [0.4, 0.5) is 17.1 Å². The van der Waals surface area contributed by atoms with Crippen molar-refractivity contribution < 1.29 is 19.2 Å². The van der Waals surface area contributed by atoms with E-state index in [0.29, 0.717) is 22.9 Å². The molecule has 0 unspecified atom stereocenters. The molecule has 0 aliphatic carbocycles. The normalized spacial score (nSPS) is 15.9. The van der Waals surface area contributed by atoms with Gasteiger partial charge in [-0.15, -0.1) is 0 Å². The predicted octanol–water partition coefficient (Wildman–Crippen LogP) is 4.13. The fraction of sp³-hybridized carbons (Fsp3) is 0.0909. The lowest BCUT2D eigenvalue weighted by Crippen LogP contribution is -2.34. The Balaban J connectivity index is 1.47. The van der Waals surface area contributed by atoms with Crippen LogP contribution in [0.25, 0.3) is 0 Å². The zero-order valence-corrected chi connectivity index (χ0v) is 15.7. The smallest absolute Gasteiger partial charge is 0.271 e. The molecule has 8 nitrogen and oxygen atoms in total. The number of para-hydroxylation sites is 1. The maximum atomic E-state index is 12.8. The Kier molecular flexibility index (Phi) is 5.13. The molecule has 0 bridgehead atoms. The number of hydrogen-bond acceptors (Lipinski definition) is 6. The SMILES string of the molecule is O=C1C[C@H](Nc2cccc([N+](=O)[O-])c2)C(=O)N1c1ccc(Oc2ccccc2)cc1. The van der Waals surface area contributed by atoms with Gasteiger partial charge in [0.1, 0.15) is 17.5 Å². The van der Waals surface area contributed by atoms with Crippen molar-refractivity contribution in [3.63, 3.8) is 0 Å². The number of nitro benzene ring substituents is 1. The second kappa shape index (κ2) is 8.04. The van der Waals surface area contributed by atoms with E-state index in [1.165, 1.54) is 18.2 Å². The number of anilines is 2. The van der Waals surface area contributed by atoms with Gasteiger partial charge in [0.05, 0.1) is 17.0 Å². The van der Waals surface area contributed by atoms with E-state index in [-0.39, 0.29) is 18.0 Å². The Morgan fingerprint density at radius 3 is 2.33 bits per heavy atom. The van der Waals surface area contributed by atoms with Gasteiger partial charge in [-0.1, -0.05) is 24.3 Å². The molecule has 4 rings (SSSR count). The predicted molar refractivity (Wildman–Crippen MR) is 111 cm³/mol. The van der Waals surface area contributed by atoms with Crippen molar-refractivity contribution in [2.24, 2.45) is 0 Å². The topological polar surface area (TPSA) is 102 Å². The minimum Gasteiger partial charge on any atom is -0.457 e. The van der Waals surface area contributed by atoms with E-state index in [2.05, 4.69) is 5.32 Å². The Morgan fingerprint density at radius 1 is 0.933 bits per heavy atom. The average molecular weight is 403 g/mol. The van der Waals surface area contributed by atoms with Crippen LogP contribution in [0, 0.1) is 10.1 Å². The number of hydrogen-bond donors (Lipinski definition) is 1. The number of amides is 2. The van der Waals surface area contributed by atoms with Crippen molar-refractivity contribution in [2.45, 2.75) is 12.5 Å². The molecule has 1 atom stereocenters. The summed E-state index contributed by atoms with van der Waals surface area (Å²) in [4.78, 5) is 36.8. The monoisotopic (exact) mass is 403 g/mol. The van der Waals surface area contributed by atoms with Gasteiger partial charge in [-0.05, 0) is 42.5 Å². The lowest BCUT2D eigenvalue weighted by molar-refractivity contribution is -0.384. The van der Waals surface area contributed by atoms with E-state index in [4.69, 9.17) is 4.74 Å². The number of carbonyl (C=O) groups excluding carboxylic acids is 2. The number of ether oxygens (including phenoxy) is 1. The second-order valence-corrected chi connectivity index (χ2v) is 6.68. The molecule has 8 heteroatoms. The lowest BCUT2D eigenvalue weighted by Gasteiger charge is -2.16. The third-order valence-corrected chi connectivity index (χ3v) is 4.62. The first-order chi connectivity index (χ1) is 14.5. The highest BCUT2D eigenvalue weighted by Gasteiger charge is 2.39. The van der Waals surface area contributed by atoms with Gasteiger partial charge in [0.2, 0.25) is 5.91 Å². The minimum atomic E-state index is -0.792. The van der Waals surface area contributed by atoms with Gasteiger partial charge in [0.15, 0.2) is 0 Å². The largest absolute Gasteiger partial charge is 0.457 e. The third-order valence-electron chi connectivity index (χ3n) is 4.62. The van der Waals surface area contributed by atoms with Crippen LogP contribution in [0.5, 0.6) is 11.5 Å². The molecule has 1 fully saturated rings. The van der Waals surface area contributed by atoms with E-state index >= 15 is 0 Å². The first-order valence-corrected chi connectivity index (χ1v) is 9.22. The molecular formula is C22H17N3O5. The summed E-state index contributed by atoms with van der Waals surface area (Å²) in [6.07, 6.45) is -0.0379. The van der Waals surface area contributed by atoms with Crippen molar-refractivity contribution in [3.05, 3.63) is 89.0 Å². The maximum absolute atomic E-state index is 12.8. The maximum Gasteiger partial charge on any atom is 0.271 e. The van der Waals surface area contributed by atoms with Crippen LogP contribution in [0.3, 0.4) is 0 Å². The summed E-state index contributed by atoms with van der Waals surface area (Å²) in [5.74, 6) is 0.498. The molecule has 1 saturated heterocycles. The summed E-state index contributed by atoms with van der Waals surface area (Å²) in [7, 11) is 0. The highest BCUT2D eigenvalue weighted by atomic mass is 16.6. The molecule has 1 N–H and O–H groups in total. The van der Waals surface area contributed by atoms with E-state index < -0.39 is 16.9 Å². The second-order valence-electron chi connectivity index (χ2n) is 6.68. The number of non-ortho nitro benzene ring substituents is 1. The van der Waals surface area contributed by atoms with Crippen LogP contribution in [0.2, 0.25) is 0 Å². The van der Waals surface area contributed by atoms with Gasteiger partial charge in [0, 0.05) is 17.8 Å². The third kappa shape index (κ3) is 3.97. The first-order valence-electron chi connectivity index (χ1n) is 9.22. The summed E-state index contributed by atoms with van der Waals surface area (Å²) < 4.78 is 5.72. The molecule has 1 aliphatic rings. The highest BCUT2D eigenvalue weighted by molar-refractivity contribution is 6.23. The number of rotatable bonds is 6. The highest BCUT2D eigenvalue weighted by Crippen LogP contribution is 2.29. The Labute approximate surface area is 171 Å². The van der Waals surface area contributed by atoms with Gasteiger partial charge in [-0.2, -0.15) is 0 Å². The van der Waals surface area contributed by atoms with Crippen LogP contribution < -0.4 is 15.0 Å². The van der Waals surface area contributed by atoms with Gasteiger partial charge in [-0.3, -0.25) is 19.7 Å². The number of imide groups is 1. The minimum absolute atomic E-state index is 0.0379. The van der Waals surface area contributed by atoms with Crippen LogP contribution in [-0.4, -0.2) is 22.8 Å². The van der Waals surface area contributed by atoms with Gasteiger partial charge < -0.3 is 10.1 Å². The summed E-state index contributed by atoms with van der Waals surface area (Å²) in [5, 5.41) is 13.8. The molecule has 0 radical (unpaired) electrons. The average Bonchev–Trinajstić information content (AvgIpc) is 3.02. The summed E-state index contributed by atoms with van der Waals surface area (Å²) in [5.41, 5.74) is 0.750. The molecule has 2 amide bonds. The van der Waals surface area contributed by atoms with Crippen LogP contribution in [0.15, 0.2) is 78.9 Å². The fourth-order valence-electron chi connectivity index (χ4n) is 3.21. The number of nitrogens with one attached hydrogen (secondary N) is 1. The van der Waals surface area contributed by atoms with Crippen molar-refractivity contribution in [2.75, 3.05) is 10.2 Å². The first kappa shape index (κ1) is 19.1. The molecule has 30 heavy (non-hydrogen) atoms. The molecule has 0 saturated carbocycles. The molecule has 1 aliphatic heterocycles. The molecule has 150 valence electrons. The molecule has 3 aromatic rings. The van der Waals surface area contributed by atoms with Crippen molar-refractivity contribution in [3.8, 4) is 11.5 Å². The number of nitro groups is 1. The Morgan fingerprint density at radius 2 is 1.63 bits per heavy atom. The quantitative estimate of drug-likeness (QED) is 0.377. The fourth-order valence-corrected chi connectivity index (χ4v) is 3.21. The van der Waals surface area contributed by atoms with Gasteiger partial charge in [-0.25, -0.2) is 4.90 Å². The standard InChI is InChI=1S/C22H17N3O5/c26-21-14-20(23-15-5-4-6-17(13-15)25(28)29)22(27)24(21)16-9-11-19(12-10-16)30-18-7-2-1-3-8-18/h1-13,20,23H,14H2/t20-/m0/s1. The molecule has 1 heterocycles. The lowest BCUT2D eigenvalue weighted by atomic mass is 10.2. The zero-order chi connectivity index (χ0) is 21.1. The van der Waals surface area contributed by atoms with E-state index in [1.54, 1.807) is 30.3 Å². The van der Waals surface area contributed by atoms with Crippen molar-refractivity contribution in [1.29, 1.82) is 0 Å². The summed E-state index contributed by atoms with van der Waals surface area (Å²) in [6.45, 7) is 0. The molecule has 0 aromatic heterocycles. The van der Waals surface area contributed by atoms with Crippen LogP contribution in [-0.2, 0) is 9.59 Å². The number of nitrogens with zero attached hydrogens (tertiary/aromatic N) is 2. The Bertz CT molecular complexity index is 1100. The van der Waals surface area contributed by atoms with E-state index in [9.17, 15) is 19.7 Å². The van der Waals surface area contributed by atoms with Crippen LogP contribution in [0.1, 0.15) is 6.42 Å². The number of carbonyl (C=O) groups is 2. The van der Waals surface area contributed by atoms with E-state index in [0.717, 1.165) is 4.90 Å². The van der Waals surface area contributed by atoms with Gasteiger partial charge >= 0.3 is 0 Å². The van der Waals surface area contributed by atoms with Crippen LogP contribution >= 0.6 is 0 Å². The molecular weight excluding hydrogens is 386 g/mol. The van der Waals surface area contributed by atoms with E-state index in [1.807, 2.05) is 30.3 Å². The molecule has 3 aromatic carbocycles. The number of benzene rings is 3. The van der Waals surface area contributed by atoms with Crippen molar-refractivity contribution in [1.82, 2.24) is 0 Å².